The lowest BCUT2D eigenvalue weighted by Crippen LogP contribution is -2.62. The summed E-state index contributed by atoms with van der Waals surface area (Å²) in [5.74, 6) is -24.6. The minimum absolute atomic E-state index is 0.000407. The number of nitrogens with zero attached hydrogens (tertiary/aromatic N) is 3. The number of carboxylic acid groups (broad SMARTS) is 3. The third kappa shape index (κ3) is 33.9. The van der Waals surface area contributed by atoms with E-state index in [1.807, 2.05) is 0 Å². The van der Waals surface area contributed by atoms with Gasteiger partial charge in [-0.25, -0.2) is 4.79 Å². The predicted octanol–water partition coefficient (Wildman–Crippen LogP) is -5.67. The summed E-state index contributed by atoms with van der Waals surface area (Å²) in [4.78, 5) is 305. The zero-order valence-electron chi connectivity index (χ0n) is 76.4. The maximum atomic E-state index is 14.9. The topological polar surface area (TPSA) is 742 Å². The lowest BCUT2D eigenvalue weighted by molar-refractivity contribution is -0.149. The summed E-state index contributed by atoms with van der Waals surface area (Å²) >= 11 is 1.23. The summed E-state index contributed by atoms with van der Waals surface area (Å²) in [5.41, 5.74) is 23.6. The molecule has 738 valence electrons. The number of amides is 19. The number of para-hydroxylation sites is 1. The molecule has 47 nitrogen and oxygen atoms in total. The Hall–Kier alpha value is -12.6. The first-order valence-electron chi connectivity index (χ1n) is 44.5. The molecule has 3 aliphatic rings. The molecule has 5 rings (SSSR count). The van der Waals surface area contributed by atoms with Gasteiger partial charge >= 0.3 is 17.9 Å². The second-order valence-electron chi connectivity index (χ2n) is 34.1. The van der Waals surface area contributed by atoms with Crippen LogP contribution in [0, 0.1) is 23.7 Å². The Morgan fingerprint density at radius 3 is 1.41 bits per heavy atom. The number of hydrogen-bond donors (Lipinski definition) is 22. The number of aliphatic hydroxyl groups is 1. The Bertz CT molecular complexity index is 4530. The fourth-order valence-corrected chi connectivity index (χ4v) is 15.9. The van der Waals surface area contributed by atoms with Crippen LogP contribution in [0.2, 0.25) is 0 Å². The fraction of sp³-hybridized carbons (Fsp3) is 0.647. The first-order chi connectivity index (χ1) is 62.7. The Labute approximate surface area is 772 Å². The van der Waals surface area contributed by atoms with Crippen LogP contribution < -0.4 is 92.1 Å². The van der Waals surface area contributed by atoms with Gasteiger partial charge in [0.25, 0.3) is 0 Å². The highest BCUT2D eigenvalue weighted by molar-refractivity contribution is 7.98. The van der Waals surface area contributed by atoms with Crippen molar-refractivity contribution in [2.45, 2.75) is 281 Å². The number of aliphatic carboxylic acids is 3. The van der Waals surface area contributed by atoms with Gasteiger partial charge in [-0.3, -0.25) is 101 Å². The van der Waals surface area contributed by atoms with E-state index in [1.54, 1.807) is 92.1 Å². The average Bonchev–Trinajstić information content (AvgIpc) is 1.68. The number of carbonyl (C=O) groups excluding carboxylic acids is 19. The van der Waals surface area contributed by atoms with Crippen LogP contribution in [0.3, 0.4) is 0 Å². The number of aromatic nitrogens is 1. The molecule has 0 unspecified atom stereocenters. The maximum Gasteiger partial charge on any atom is 0.326 e. The molecule has 19 atom stereocenters. The standard InChI is InChI=1S/C85H131N21O26S/c1-11-42(6)67(100-73(119)51(25-27-59(87)108)95-71(117)48(86)24-28-64(113)114)80(126)92-40-63(112)94-53(35-46-38-90-49-20-15-14-19-47(46)49)75(121)96-52(30-34-133-10)74(120)103-70(45(9)107)81(127)97-54(36-60(88)109)76(122)98-55(37-61(89)110)82(128)106-33-18-23-58(106)83(129)104-31-16-21-56(104)78(124)101-68(43(7)12-2)84(130)105-32-17-22-57(105)77(123)99-66(41(4)5)79(125)91-39-62(111)93-50(26-29-65(115)116)72(118)102-69(85(131)132)44(8)13-3/h14-15,19-20,38,41-45,48,50-58,66-70,90,107H,11-13,16-18,21-37,39-40,86H2,1-10H3,(H2,87,108)(H2,88,109)(H2,89,110)(H,91,125)(H,92,126)(H,93,111)(H,94,112)(H,95,117)(H,96,121)(H,97,127)(H,98,122)(H,99,123)(H,100,119)(H,101,124)(H,102,118)(H,103,120)(H,113,114)(H,115,116)(H,131,132)/t42-,43-,44-,45+,48-,50-,51-,52-,53-,54-,55-,56-,57-,58-,66-,67-,68-,69-,70-/m0/s1. The molecule has 2 aromatic rings. The van der Waals surface area contributed by atoms with Crippen molar-refractivity contribution in [3.05, 3.63) is 36.0 Å². The van der Waals surface area contributed by atoms with E-state index < -0.39 is 302 Å². The number of hydrogen-bond acceptors (Lipinski definition) is 25. The summed E-state index contributed by atoms with van der Waals surface area (Å²) in [6.45, 7) is 12.5. The average molecular weight is 1900 g/mol. The van der Waals surface area contributed by atoms with Gasteiger partial charge in [-0.1, -0.05) is 92.9 Å². The van der Waals surface area contributed by atoms with Crippen molar-refractivity contribution >= 4 is 153 Å². The number of fused-ring (bicyclic) bond motifs is 1. The summed E-state index contributed by atoms with van der Waals surface area (Å²) < 4.78 is 0. The minimum atomic E-state index is -2.04. The molecule has 0 radical (unpaired) electrons. The van der Waals surface area contributed by atoms with E-state index in [1.165, 1.54) is 21.6 Å². The van der Waals surface area contributed by atoms with Gasteiger partial charge in [0.2, 0.25) is 112 Å². The SMILES string of the molecule is CC[C@H](C)[C@H](NC(=O)[C@H](CCC(=O)O)NC(=O)CNC(=O)[C@@H](NC(=O)[C@@H]1CCCN1C(=O)[C@@H](NC(=O)[C@@H]1CCCN1C(=O)[C@@H]1CCCN1C(=O)[C@H](CC(N)=O)NC(=O)[C@H](CC(N)=O)NC(=O)[C@@H](NC(=O)[C@H](CCSC)NC(=O)[C@H](Cc1c[nH]c2ccccc12)NC(=O)CNC(=O)[C@@H](NC(=O)[C@H](CCC(N)=O)NC(=O)[C@@H](N)CCC(=O)O)[C@@H](C)CC)[C@@H](C)O)[C@@H](C)CC)C(C)C)C(=O)O. The first kappa shape index (κ1) is 111. The van der Waals surface area contributed by atoms with Crippen molar-refractivity contribution in [2.24, 2.45) is 46.6 Å². The number of H-pyrrole nitrogens is 1. The van der Waals surface area contributed by atoms with Crippen molar-refractivity contribution in [3.63, 3.8) is 0 Å². The summed E-state index contributed by atoms with van der Waals surface area (Å²) in [6.07, 6.45) is -1.64. The van der Waals surface area contributed by atoms with E-state index in [9.17, 15) is 121 Å². The first-order valence-corrected chi connectivity index (χ1v) is 45.9. The highest BCUT2D eigenvalue weighted by Crippen LogP contribution is 2.29. The largest absolute Gasteiger partial charge is 0.481 e. The molecule has 3 saturated heterocycles. The van der Waals surface area contributed by atoms with Gasteiger partial charge in [0.05, 0.1) is 38.1 Å². The molecule has 48 heteroatoms. The van der Waals surface area contributed by atoms with Gasteiger partial charge in [0.15, 0.2) is 0 Å². The van der Waals surface area contributed by atoms with Crippen molar-refractivity contribution in [3.8, 4) is 0 Å². The number of carboxylic acids is 3. The molecule has 0 saturated carbocycles. The van der Waals surface area contributed by atoms with Crippen LogP contribution in [0.1, 0.15) is 183 Å². The van der Waals surface area contributed by atoms with Crippen molar-refractivity contribution < 1.29 is 126 Å². The van der Waals surface area contributed by atoms with E-state index in [0.29, 0.717) is 35.7 Å². The van der Waals surface area contributed by atoms with Crippen LogP contribution in [0.15, 0.2) is 30.5 Å². The Balaban J connectivity index is 1.29. The smallest absolute Gasteiger partial charge is 0.326 e. The number of primary amides is 3. The van der Waals surface area contributed by atoms with Crippen LogP contribution in [0.5, 0.6) is 0 Å². The van der Waals surface area contributed by atoms with E-state index in [-0.39, 0.29) is 89.6 Å². The normalized spacial score (nSPS) is 18.3. The van der Waals surface area contributed by atoms with E-state index in [2.05, 4.69) is 74.1 Å². The van der Waals surface area contributed by atoms with Gasteiger partial charge in [-0.15, -0.1) is 0 Å². The zero-order valence-corrected chi connectivity index (χ0v) is 77.3. The molecule has 0 aliphatic carbocycles. The number of thioether (sulfide) groups is 1. The van der Waals surface area contributed by atoms with Gasteiger partial charge in [-0.2, -0.15) is 11.8 Å². The lowest BCUT2D eigenvalue weighted by atomic mass is 9.96. The van der Waals surface area contributed by atoms with Crippen LogP contribution in [0.25, 0.3) is 10.9 Å². The molecule has 1 aromatic heterocycles. The molecule has 3 aliphatic heterocycles. The molecule has 4 heterocycles. The highest BCUT2D eigenvalue weighted by Gasteiger charge is 2.48. The Morgan fingerprint density at radius 2 is 0.872 bits per heavy atom. The predicted molar refractivity (Wildman–Crippen MR) is 477 cm³/mol. The molecule has 19 amide bonds. The molecule has 0 bridgehead atoms. The second-order valence-corrected chi connectivity index (χ2v) is 35.0. The van der Waals surface area contributed by atoms with Gasteiger partial charge in [0.1, 0.15) is 84.6 Å². The number of aliphatic hydroxyl groups excluding tert-OH is 1. The number of nitrogens with two attached hydrogens (primary N) is 4. The lowest BCUT2D eigenvalue weighted by Gasteiger charge is -2.35. The summed E-state index contributed by atoms with van der Waals surface area (Å²) in [7, 11) is 0. The molecule has 133 heavy (non-hydrogen) atoms. The van der Waals surface area contributed by atoms with Crippen LogP contribution in [-0.2, 0) is 112 Å². The molecule has 26 N–H and O–H groups in total. The number of likely N-dealkylation sites (tertiary alicyclic amines) is 3. The van der Waals surface area contributed by atoms with E-state index >= 15 is 0 Å². The van der Waals surface area contributed by atoms with Crippen LogP contribution >= 0.6 is 11.8 Å². The second kappa shape index (κ2) is 53.8. The number of rotatable bonds is 56. The summed E-state index contributed by atoms with van der Waals surface area (Å²) in [5, 5.41) is 72.0. The van der Waals surface area contributed by atoms with Gasteiger partial charge < -0.3 is 132 Å². The number of nitrogens with one attached hydrogen (secondary N) is 14. The zero-order chi connectivity index (χ0) is 99.5. The molecule has 3 fully saturated rings. The Kier molecular flexibility index (Phi) is 44.8. The molecule has 1 aromatic carbocycles. The third-order valence-corrected chi connectivity index (χ3v) is 24.3. The van der Waals surface area contributed by atoms with Crippen molar-refractivity contribution in [1.82, 2.24) is 88.8 Å². The van der Waals surface area contributed by atoms with Crippen LogP contribution in [0.4, 0.5) is 0 Å². The minimum Gasteiger partial charge on any atom is -0.481 e. The highest BCUT2D eigenvalue weighted by atomic mass is 32.2. The van der Waals surface area contributed by atoms with Crippen molar-refractivity contribution in [1.29, 1.82) is 0 Å². The summed E-state index contributed by atoms with van der Waals surface area (Å²) in [6, 6.07) is -15.7. The van der Waals surface area contributed by atoms with E-state index in [0.717, 1.165) is 11.8 Å². The fourth-order valence-electron chi connectivity index (χ4n) is 15.4. The molecule has 0 spiro atoms. The van der Waals surface area contributed by atoms with E-state index in [4.69, 9.17) is 28.0 Å². The number of benzene rings is 1. The number of aromatic amines is 1. The Morgan fingerprint density at radius 1 is 0.444 bits per heavy atom. The van der Waals surface area contributed by atoms with Crippen LogP contribution in [-0.4, -0.2) is 312 Å². The molecular formula is C85H131N21O26S. The quantitative estimate of drug-likeness (QED) is 0.0293. The van der Waals surface area contributed by atoms with Crippen molar-refractivity contribution in [2.75, 3.05) is 44.7 Å². The number of carbonyl (C=O) groups is 22. The van der Waals surface area contributed by atoms with Gasteiger partial charge in [0, 0.05) is 62.4 Å². The third-order valence-electron chi connectivity index (χ3n) is 23.7. The monoisotopic (exact) mass is 1890 g/mol. The molecular weight excluding hydrogens is 1760 g/mol. The maximum absolute atomic E-state index is 14.9. The van der Waals surface area contributed by atoms with Gasteiger partial charge in [-0.05, 0) is 118 Å².